The SMILES string of the molecule is O=C(COC(=O)Cc1c(Cl)cccc1Cl)NC[C@@H]1CCCO1. The van der Waals surface area contributed by atoms with Crippen LogP contribution in [-0.2, 0) is 25.5 Å². The molecule has 0 radical (unpaired) electrons. The Labute approximate surface area is 138 Å². The van der Waals surface area contributed by atoms with Crippen LogP contribution in [0.1, 0.15) is 18.4 Å². The van der Waals surface area contributed by atoms with Crippen LogP contribution < -0.4 is 5.32 Å². The molecular weight excluding hydrogens is 329 g/mol. The minimum absolute atomic E-state index is 0.0570. The summed E-state index contributed by atoms with van der Waals surface area (Å²) in [7, 11) is 0. The number of hydrogen-bond donors (Lipinski definition) is 1. The molecule has 1 saturated heterocycles. The fourth-order valence-electron chi connectivity index (χ4n) is 2.13. The molecule has 7 heteroatoms. The van der Waals surface area contributed by atoms with E-state index >= 15 is 0 Å². The monoisotopic (exact) mass is 345 g/mol. The van der Waals surface area contributed by atoms with Crippen molar-refractivity contribution >= 4 is 35.1 Å². The molecule has 0 spiro atoms. The first-order valence-corrected chi connectivity index (χ1v) is 7.78. The molecule has 1 amide bonds. The topological polar surface area (TPSA) is 64.6 Å². The molecule has 1 aliphatic rings. The normalized spacial score (nSPS) is 17.3. The largest absolute Gasteiger partial charge is 0.455 e. The lowest BCUT2D eigenvalue weighted by atomic mass is 10.1. The van der Waals surface area contributed by atoms with Crippen molar-refractivity contribution < 1.29 is 19.1 Å². The van der Waals surface area contributed by atoms with Crippen LogP contribution in [0.15, 0.2) is 18.2 Å². The van der Waals surface area contributed by atoms with Crippen LogP contribution in [0, 0.1) is 0 Å². The highest BCUT2D eigenvalue weighted by molar-refractivity contribution is 6.36. The molecule has 120 valence electrons. The van der Waals surface area contributed by atoms with E-state index in [9.17, 15) is 9.59 Å². The second-order valence-corrected chi connectivity index (χ2v) is 5.79. The zero-order valence-corrected chi connectivity index (χ0v) is 13.5. The van der Waals surface area contributed by atoms with Crippen molar-refractivity contribution in [3.8, 4) is 0 Å². The second-order valence-electron chi connectivity index (χ2n) is 4.98. The summed E-state index contributed by atoms with van der Waals surface area (Å²) in [6.07, 6.45) is 1.93. The smallest absolute Gasteiger partial charge is 0.310 e. The predicted molar refractivity (Wildman–Crippen MR) is 83.1 cm³/mol. The molecule has 22 heavy (non-hydrogen) atoms. The number of carbonyl (C=O) groups excluding carboxylic acids is 2. The van der Waals surface area contributed by atoms with Crippen molar-refractivity contribution in [2.45, 2.75) is 25.4 Å². The Balaban J connectivity index is 1.71. The number of rotatable bonds is 6. The number of amides is 1. The molecule has 0 aromatic heterocycles. The highest BCUT2D eigenvalue weighted by Crippen LogP contribution is 2.24. The number of halogens is 2. The standard InChI is InChI=1S/C15H17Cl2NO4/c16-12-4-1-5-13(17)11(12)7-15(20)22-9-14(19)18-8-10-3-2-6-21-10/h1,4-5,10H,2-3,6-9H2,(H,18,19)/t10-/m0/s1. The summed E-state index contributed by atoms with van der Waals surface area (Å²) in [4.78, 5) is 23.3. The molecule has 0 bridgehead atoms. The fraction of sp³-hybridized carbons (Fsp3) is 0.467. The molecule has 0 saturated carbocycles. The first-order chi connectivity index (χ1) is 10.6. The molecule has 1 heterocycles. The van der Waals surface area contributed by atoms with Crippen LogP contribution in [-0.4, -0.2) is 37.7 Å². The van der Waals surface area contributed by atoms with E-state index in [2.05, 4.69) is 5.32 Å². The highest BCUT2D eigenvalue weighted by Gasteiger charge is 2.17. The molecule has 0 unspecified atom stereocenters. The number of esters is 1. The first-order valence-electron chi connectivity index (χ1n) is 7.03. The van der Waals surface area contributed by atoms with E-state index in [0.717, 1.165) is 19.4 Å². The molecule has 2 rings (SSSR count). The van der Waals surface area contributed by atoms with Gasteiger partial charge in [0.2, 0.25) is 0 Å². The Bertz CT molecular complexity index is 524. The van der Waals surface area contributed by atoms with Crippen LogP contribution in [0.25, 0.3) is 0 Å². The van der Waals surface area contributed by atoms with Crippen LogP contribution in [0.2, 0.25) is 10.0 Å². The van der Waals surface area contributed by atoms with Gasteiger partial charge in [-0.15, -0.1) is 0 Å². The zero-order valence-electron chi connectivity index (χ0n) is 11.9. The average Bonchev–Trinajstić information content (AvgIpc) is 3.00. The third-order valence-electron chi connectivity index (χ3n) is 3.30. The number of ether oxygens (including phenoxy) is 2. The highest BCUT2D eigenvalue weighted by atomic mass is 35.5. The number of carbonyl (C=O) groups is 2. The van der Waals surface area contributed by atoms with Crippen LogP contribution >= 0.6 is 23.2 Å². The van der Waals surface area contributed by atoms with E-state index in [1.807, 2.05) is 0 Å². The third kappa shape index (κ3) is 5.16. The quantitative estimate of drug-likeness (QED) is 0.804. The molecule has 5 nitrogen and oxygen atoms in total. The van der Waals surface area contributed by atoms with Crippen molar-refractivity contribution in [1.82, 2.24) is 5.32 Å². The number of hydrogen-bond acceptors (Lipinski definition) is 4. The van der Waals surface area contributed by atoms with Gasteiger partial charge >= 0.3 is 5.97 Å². The average molecular weight is 346 g/mol. The Morgan fingerprint density at radius 1 is 1.32 bits per heavy atom. The van der Waals surface area contributed by atoms with Crippen LogP contribution in [0.4, 0.5) is 0 Å². The fourth-order valence-corrected chi connectivity index (χ4v) is 2.66. The maximum absolute atomic E-state index is 11.7. The minimum atomic E-state index is -0.553. The molecule has 0 aliphatic carbocycles. The summed E-state index contributed by atoms with van der Waals surface area (Å²) in [5.74, 6) is -0.906. The van der Waals surface area contributed by atoms with E-state index in [1.54, 1.807) is 18.2 Å². The molecule has 1 N–H and O–H groups in total. The van der Waals surface area contributed by atoms with Crippen molar-refractivity contribution in [2.75, 3.05) is 19.8 Å². The third-order valence-corrected chi connectivity index (χ3v) is 4.01. The number of benzene rings is 1. The number of nitrogens with one attached hydrogen (secondary N) is 1. The van der Waals surface area contributed by atoms with Crippen LogP contribution in [0.5, 0.6) is 0 Å². The molecule has 1 aromatic carbocycles. The van der Waals surface area contributed by atoms with Crippen LogP contribution in [0.3, 0.4) is 0 Å². The van der Waals surface area contributed by atoms with E-state index in [1.165, 1.54) is 0 Å². The van der Waals surface area contributed by atoms with E-state index < -0.39 is 5.97 Å². The molecular formula is C15H17Cl2NO4. The predicted octanol–water partition coefficient (Wildman–Crippen LogP) is 2.37. The Morgan fingerprint density at radius 2 is 2.05 bits per heavy atom. The van der Waals surface area contributed by atoms with Gasteiger partial charge in [-0.1, -0.05) is 29.3 Å². The lowest BCUT2D eigenvalue weighted by Crippen LogP contribution is -2.35. The van der Waals surface area contributed by atoms with Gasteiger partial charge in [-0.3, -0.25) is 9.59 Å². The van der Waals surface area contributed by atoms with E-state index in [0.29, 0.717) is 22.2 Å². The van der Waals surface area contributed by atoms with Gasteiger partial charge in [0, 0.05) is 28.8 Å². The lowest BCUT2D eigenvalue weighted by molar-refractivity contribution is -0.148. The van der Waals surface area contributed by atoms with Gasteiger partial charge in [-0.05, 0) is 25.0 Å². The van der Waals surface area contributed by atoms with Crippen molar-refractivity contribution in [1.29, 1.82) is 0 Å². The van der Waals surface area contributed by atoms with E-state index in [-0.39, 0.29) is 25.0 Å². The Morgan fingerprint density at radius 3 is 2.68 bits per heavy atom. The minimum Gasteiger partial charge on any atom is -0.455 e. The summed E-state index contributed by atoms with van der Waals surface area (Å²) in [6.45, 7) is 0.842. The maximum Gasteiger partial charge on any atom is 0.310 e. The molecule has 1 fully saturated rings. The first kappa shape index (κ1) is 17.1. The summed E-state index contributed by atoms with van der Waals surface area (Å²) in [5, 5.41) is 3.46. The van der Waals surface area contributed by atoms with Crippen molar-refractivity contribution in [3.05, 3.63) is 33.8 Å². The summed E-state index contributed by atoms with van der Waals surface area (Å²) in [6, 6.07) is 4.98. The summed E-state index contributed by atoms with van der Waals surface area (Å²) in [5.41, 5.74) is 0.496. The molecule has 1 aromatic rings. The van der Waals surface area contributed by atoms with Gasteiger partial charge in [0.25, 0.3) is 5.91 Å². The molecule has 1 aliphatic heterocycles. The Hall–Kier alpha value is -1.30. The lowest BCUT2D eigenvalue weighted by Gasteiger charge is -2.11. The second kappa shape index (κ2) is 8.36. The van der Waals surface area contributed by atoms with Gasteiger partial charge in [0.05, 0.1) is 12.5 Å². The van der Waals surface area contributed by atoms with Crippen molar-refractivity contribution in [2.24, 2.45) is 0 Å². The summed E-state index contributed by atoms with van der Waals surface area (Å²) >= 11 is 11.9. The van der Waals surface area contributed by atoms with Gasteiger partial charge in [-0.2, -0.15) is 0 Å². The molecule has 1 atom stereocenters. The van der Waals surface area contributed by atoms with Gasteiger partial charge in [-0.25, -0.2) is 0 Å². The zero-order chi connectivity index (χ0) is 15.9. The van der Waals surface area contributed by atoms with Gasteiger partial charge in [0.1, 0.15) is 0 Å². The maximum atomic E-state index is 11.7. The van der Waals surface area contributed by atoms with Gasteiger partial charge < -0.3 is 14.8 Å². The van der Waals surface area contributed by atoms with Crippen molar-refractivity contribution in [3.63, 3.8) is 0 Å². The van der Waals surface area contributed by atoms with E-state index in [4.69, 9.17) is 32.7 Å². The Kier molecular flexibility index (Phi) is 6.49. The summed E-state index contributed by atoms with van der Waals surface area (Å²) < 4.78 is 10.3. The van der Waals surface area contributed by atoms with Gasteiger partial charge in [0.15, 0.2) is 6.61 Å².